The maximum Gasteiger partial charge on any atom is 0.139 e. The molecule has 3 heteroatoms. The third kappa shape index (κ3) is 2.92. The van der Waals surface area contributed by atoms with Crippen LogP contribution in [0.1, 0.15) is 13.8 Å². The summed E-state index contributed by atoms with van der Waals surface area (Å²) in [5, 5.41) is 0. The molecule has 0 amide bonds. The van der Waals surface area contributed by atoms with Crippen molar-refractivity contribution in [1.82, 2.24) is 0 Å². The van der Waals surface area contributed by atoms with Crippen molar-refractivity contribution in [2.24, 2.45) is 5.92 Å². The Labute approximate surface area is 80.4 Å². The molecule has 0 saturated heterocycles. The molecule has 1 unspecified atom stereocenters. The Hall–Kier alpha value is -0.700. The van der Waals surface area contributed by atoms with E-state index in [0.717, 1.165) is 0 Å². The third-order valence-corrected chi connectivity index (χ3v) is 3.36. The highest BCUT2D eigenvalue weighted by Gasteiger charge is 2.10. The molecule has 1 atom stereocenters. The second-order valence-corrected chi connectivity index (χ2v) is 4.80. The van der Waals surface area contributed by atoms with Gasteiger partial charge in [-0.3, -0.25) is 4.21 Å². The molecule has 0 aliphatic rings. The summed E-state index contributed by atoms with van der Waals surface area (Å²) in [5.41, 5.74) is 0. The molecule has 0 aliphatic heterocycles. The van der Waals surface area contributed by atoms with Crippen LogP contribution in [0.15, 0.2) is 29.2 Å². The van der Waals surface area contributed by atoms with E-state index in [-0.39, 0.29) is 5.82 Å². The van der Waals surface area contributed by atoms with E-state index in [1.54, 1.807) is 18.2 Å². The van der Waals surface area contributed by atoms with Crippen LogP contribution in [-0.4, -0.2) is 9.96 Å². The second kappa shape index (κ2) is 4.51. The minimum absolute atomic E-state index is 0.316. The van der Waals surface area contributed by atoms with Crippen LogP contribution in [0.5, 0.6) is 0 Å². The smallest absolute Gasteiger partial charge is 0.139 e. The van der Waals surface area contributed by atoms with Crippen LogP contribution in [0, 0.1) is 11.7 Å². The van der Waals surface area contributed by atoms with E-state index in [1.165, 1.54) is 6.07 Å². The SMILES string of the molecule is CC(C)CS(=O)c1ccccc1F. The van der Waals surface area contributed by atoms with Crippen molar-refractivity contribution in [3.63, 3.8) is 0 Å². The molecule has 0 radical (unpaired) electrons. The molecule has 0 aromatic heterocycles. The molecule has 1 aromatic carbocycles. The van der Waals surface area contributed by atoms with E-state index in [1.807, 2.05) is 13.8 Å². The van der Waals surface area contributed by atoms with Gasteiger partial charge in [0.05, 0.1) is 15.7 Å². The van der Waals surface area contributed by atoms with Gasteiger partial charge < -0.3 is 0 Å². The lowest BCUT2D eigenvalue weighted by Crippen LogP contribution is -2.06. The molecule has 1 nitrogen and oxygen atoms in total. The van der Waals surface area contributed by atoms with Crippen LogP contribution >= 0.6 is 0 Å². The molecular weight excluding hydrogens is 187 g/mol. The first-order chi connectivity index (χ1) is 6.11. The summed E-state index contributed by atoms with van der Waals surface area (Å²) in [5.74, 6) is 0.461. The zero-order valence-corrected chi connectivity index (χ0v) is 8.60. The molecule has 13 heavy (non-hydrogen) atoms. The summed E-state index contributed by atoms with van der Waals surface area (Å²) in [4.78, 5) is 0.316. The summed E-state index contributed by atoms with van der Waals surface area (Å²) >= 11 is 0. The molecule has 1 aromatic rings. The minimum atomic E-state index is -1.20. The zero-order chi connectivity index (χ0) is 9.84. The summed E-state index contributed by atoms with van der Waals surface area (Å²) in [6.45, 7) is 3.94. The molecule has 0 fully saturated rings. The highest BCUT2D eigenvalue weighted by Crippen LogP contribution is 2.13. The maximum atomic E-state index is 13.1. The van der Waals surface area contributed by atoms with Crippen molar-refractivity contribution in [1.29, 1.82) is 0 Å². The van der Waals surface area contributed by atoms with Gasteiger partial charge in [-0.2, -0.15) is 0 Å². The van der Waals surface area contributed by atoms with Crippen molar-refractivity contribution >= 4 is 10.8 Å². The van der Waals surface area contributed by atoms with E-state index in [2.05, 4.69) is 0 Å². The monoisotopic (exact) mass is 200 g/mol. The molecule has 0 spiro atoms. The summed E-state index contributed by atoms with van der Waals surface area (Å²) in [6.07, 6.45) is 0. The van der Waals surface area contributed by atoms with Crippen molar-refractivity contribution < 1.29 is 8.60 Å². The Morgan fingerprint density at radius 3 is 2.54 bits per heavy atom. The van der Waals surface area contributed by atoms with Gasteiger partial charge in [-0.15, -0.1) is 0 Å². The van der Waals surface area contributed by atoms with E-state index >= 15 is 0 Å². The molecule has 72 valence electrons. The topological polar surface area (TPSA) is 17.1 Å². The van der Waals surface area contributed by atoms with Crippen molar-refractivity contribution in [3.8, 4) is 0 Å². The van der Waals surface area contributed by atoms with E-state index < -0.39 is 10.8 Å². The fourth-order valence-electron chi connectivity index (χ4n) is 1.02. The van der Waals surface area contributed by atoms with E-state index in [0.29, 0.717) is 16.6 Å². The van der Waals surface area contributed by atoms with Gasteiger partial charge in [-0.1, -0.05) is 26.0 Å². The van der Waals surface area contributed by atoms with Crippen molar-refractivity contribution in [2.75, 3.05) is 5.75 Å². The predicted octanol–water partition coefficient (Wildman–Crippen LogP) is 2.59. The number of rotatable bonds is 3. The molecular formula is C10H13FOS. The quantitative estimate of drug-likeness (QED) is 0.733. The van der Waals surface area contributed by atoms with E-state index in [4.69, 9.17) is 0 Å². The van der Waals surface area contributed by atoms with Crippen LogP contribution in [0.4, 0.5) is 4.39 Å². The fourth-order valence-corrected chi connectivity index (χ4v) is 2.32. The Bertz CT molecular complexity index is 310. The Kier molecular flexibility index (Phi) is 3.60. The van der Waals surface area contributed by atoms with Gasteiger partial charge in [-0.25, -0.2) is 4.39 Å². The third-order valence-electron chi connectivity index (χ3n) is 1.57. The second-order valence-electron chi connectivity index (χ2n) is 3.34. The van der Waals surface area contributed by atoms with Gasteiger partial charge >= 0.3 is 0 Å². The first-order valence-electron chi connectivity index (χ1n) is 4.24. The first-order valence-corrected chi connectivity index (χ1v) is 5.56. The van der Waals surface area contributed by atoms with Crippen LogP contribution in [-0.2, 0) is 10.8 Å². The van der Waals surface area contributed by atoms with E-state index in [9.17, 15) is 8.60 Å². The predicted molar refractivity (Wildman–Crippen MR) is 52.5 cm³/mol. The van der Waals surface area contributed by atoms with Gasteiger partial charge in [0.2, 0.25) is 0 Å². The van der Waals surface area contributed by atoms with Gasteiger partial charge in [-0.05, 0) is 18.1 Å². The lowest BCUT2D eigenvalue weighted by atomic mass is 10.3. The Balaban J connectivity index is 2.83. The molecule has 1 rings (SSSR count). The number of hydrogen-bond acceptors (Lipinski definition) is 1. The molecule has 0 saturated carbocycles. The largest absolute Gasteiger partial charge is 0.254 e. The zero-order valence-electron chi connectivity index (χ0n) is 7.79. The molecule has 0 aliphatic carbocycles. The molecule has 0 bridgehead atoms. The first kappa shape index (κ1) is 10.4. The fraction of sp³-hybridized carbons (Fsp3) is 0.400. The van der Waals surface area contributed by atoms with Crippen LogP contribution < -0.4 is 0 Å². The van der Waals surface area contributed by atoms with Crippen molar-refractivity contribution in [2.45, 2.75) is 18.7 Å². The normalized spacial score (nSPS) is 13.2. The van der Waals surface area contributed by atoms with Crippen LogP contribution in [0.3, 0.4) is 0 Å². The number of halogens is 1. The van der Waals surface area contributed by atoms with Crippen LogP contribution in [0.2, 0.25) is 0 Å². The highest BCUT2D eigenvalue weighted by molar-refractivity contribution is 7.85. The molecule has 0 heterocycles. The molecule has 0 N–H and O–H groups in total. The van der Waals surface area contributed by atoms with Gasteiger partial charge in [0.15, 0.2) is 0 Å². The van der Waals surface area contributed by atoms with Crippen molar-refractivity contribution in [3.05, 3.63) is 30.1 Å². The number of benzene rings is 1. The van der Waals surface area contributed by atoms with Gasteiger partial charge in [0.25, 0.3) is 0 Å². The standard InChI is InChI=1S/C10H13FOS/c1-8(2)7-13(12)10-6-4-3-5-9(10)11/h3-6,8H,7H2,1-2H3. The lowest BCUT2D eigenvalue weighted by molar-refractivity contribution is 0.593. The average molecular weight is 200 g/mol. The maximum absolute atomic E-state index is 13.1. The Morgan fingerprint density at radius 2 is 2.00 bits per heavy atom. The van der Waals surface area contributed by atoms with Crippen LogP contribution in [0.25, 0.3) is 0 Å². The highest BCUT2D eigenvalue weighted by atomic mass is 32.2. The summed E-state index contributed by atoms with van der Waals surface area (Å²) < 4.78 is 24.6. The van der Waals surface area contributed by atoms with Gasteiger partial charge in [0, 0.05) is 5.75 Å². The summed E-state index contributed by atoms with van der Waals surface area (Å²) in [7, 11) is -1.20. The lowest BCUT2D eigenvalue weighted by Gasteiger charge is -2.05. The summed E-state index contributed by atoms with van der Waals surface area (Å²) in [6, 6.07) is 6.23. The average Bonchev–Trinajstić information content (AvgIpc) is 2.03. The number of hydrogen-bond donors (Lipinski definition) is 0. The minimum Gasteiger partial charge on any atom is -0.254 e. The Morgan fingerprint density at radius 1 is 1.38 bits per heavy atom. The van der Waals surface area contributed by atoms with Gasteiger partial charge in [0.1, 0.15) is 5.82 Å².